The molecule has 23 heavy (non-hydrogen) atoms. The van der Waals surface area contributed by atoms with E-state index < -0.39 is 34.1 Å². The van der Waals surface area contributed by atoms with E-state index in [1.807, 2.05) is 0 Å². The summed E-state index contributed by atoms with van der Waals surface area (Å²) in [6.07, 6.45) is -1.95. The summed E-state index contributed by atoms with van der Waals surface area (Å²) < 4.78 is 66.8. The Labute approximate surface area is 132 Å². The number of aliphatic hydroxyl groups excluding tert-OH is 1. The molecular weight excluding hydrogens is 367 g/mol. The van der Waals surface area contributed by atoms with E-state index >= 15 is 0 Å². The van der Waals surface area contributed by atoms with Gasteiger partial charge >= 0.3 is 15.6 Å². The van der Waals surface area contributed by atoms with Gasteiger partial charge in [-0.1, -0.05) is 11.6 Å². The molecule has 0 saturated heterocycles. The predicted octanol–water partition coefficient (Wildman–Crippen LogP) is 1.19. The van der Waals surface area contributed by atoms with Crippen LogP contribution in [0, 0.1) is 11.3 Å². The Balaban J connectivity index is 2.27. The van der Waals surface area contributed by atoms with Crippen molar-refractivity contribution in [2.75, 3.05) is 6.61 Å². The summed E-state index contributed by atoms with van der Waals surface area (Å²) in [5, 5.41) is 28.7. The summed E-state index contributed by atoms with van der Waals surface area (Å²) in [4.78, 5) is 0. The fourth-order valence-corrected chi connectivity index (χ4v) is 2.44. The molecule has 0 saturated carbocycles. The molecular formula is C11H7ClF3NO6S. The van der Waals surface area contributed by atoms with Gasteiger partial charge in [0.2, 0.25) is 0 Å². The molecule has 2 rings (SSSR count). The van der Waals surface area contributed by atoms with Crippen molar-refractivity contribution in [2.24, 2.45) is 0 Å². The second-order valence-corrected chi connectivity index (χ2v) is 6.51. The molecule has 0 bridgehead atoms. The maximum absolute atomic E-state index is 12.2. The Morgan fingerprint density at radius 2 is 2.09 bits per heavy atom. The first-order chi connectivity index (χ1) is 10.4. The van der Waals surface area contributed by atoms with Crippen molar-refractivity contribution in [3.05, 3.63) is 28.3 Å². The minimum Gasteiger partial charge on any atom is -0.456 e. The summed E-state index contributed by atoms with van der Waals surface area (Å²) in [7, 11) is -5.98. The van der Waals surface area contributed by atoms with E-state index in [9.17, 15) is 31.8 Å². The molecule has 1 heterocycles. The quantitative estimate of drug-likeness (QED) is 0.603. The summed E-state index contributed by atoms with van der Waals surface area (Å²) in [6.45, 7) is -1.52. The predicted molar refractivity (Wildman–Crippen MR) is 67.6 cm³/mol. The maximum atomic E-state index is 12.2. The Morgan fingerprint density at radius 1 is 1.48 bits per heavy atom. The third-order valence-electron chi connectivity index (χ3n) is 2.93. The van der Waals surface area contributed by atoms with Crippen molar-refractivity contribution in [3.63, 3.8) is 0 Å². The van der Waals surface area contributed by atoms with Gasteiger partial charge < -0.3 is 14.9 Å². The lowest BCUT2D eigenvalue weighted by Crippen LogP contribution is -2.44. The smallest absolute Gasteiger partial charge is 0.456 e. The fraction of sp³-hybridized carbons (Fsp3) is 0.364. The van der Waals surface area contributed by atoms with Crippen molar-refractivity contribution < 1.29 is 40.7 Å². The van der Waals surface area contributed by atoms with Gasteiger partial charge in [-0.15, -0.1) is 0 Å². The molecule has 1 aromatic carbocycles. The van der Waals surface area contributed by atoms with E-state index in [1.165, 1.54) is 0 Å². The highest BCUT2D eigenvalue weighted by atomic mass is 35.5. The highest BCUT2D eigenvalue weighted by Crippen LogP contribution is 2.44. The molecule has 0 spiro atoms. The molecule has 126 valence electrons. The van der Waals surface area contributed by atoms with Crippen LogP contribution in [0.5, 0.6) is 5.75 Å². The zero-order chi connectivity index (χ0) is 17.6. The second-order valence-electron chi connectivity index (χ2n) is 4.49. The van der Waals surface area contributed by atoms with Crippen LogP contribution in [0.25, 0.3) is 0 Å². The molecule has 0 aromatic heterocycles. The Morgan fingerprint density at radius 3 is 2.61 bits per heavy atom. The van der Waals surface area contributed by atoms with E-state index in [-0.39, 0.29) is 21.9 Å². The van der Waals surface area contributed by atoms with Crippen molar-refractivity contribution in [1.82, 2.24) is 0 Å². The molecule has 2 N–H and O–H groups in total. The number of rotatable bonds is 3. The lowest BCUT2D eigenvalue weighted by atomic mass is 10.0. The van der Waals surface area contributed by atoms with Crippen LogP contribution in [-0.2, 0) is 14.3 Å². The molecule has 2 atom stereocenters. The molecule has 0 amide bonds. The monoisotopic (exact) mass is 373 g/mol. The number of hydrogen-bond acceptors (Lipinski definition) is 7. The Bertz CT molecular complexity index is 790. The molecule has 1 aliphatic heterocycles. The largest absolute Gasteiger partial charge is 0.523 e. The lowest BCUT2D eigenvalue weighted by molar-refractivity contribution is -0.207. The number of fused-ring (bicyclic) bond motifs is 1. The van der Waals surface area contributed by atoms with Crippen LogP contribution in [0.2, 0.25) is 5.02 Å². The SMILES string of the molecule is N#Cc1cc2c(cc1Cl)OC(O)(COS(=O)(=O)C(F)(F)F)C2O. The fourth-order valence-electron chi connectivity index (χ4n) is 1.79. The first-order valence-corrected chi connectivity index (χ1v) is 7.48. The number of benzene rings is 1. The Hall–Kier alpha value is -1.58. The van der Waals surface area contributed by atoms with Gasteiger partial charge in [0, 0.05) is 11.6 Å². The first-order valence-electron chi connectivity index (χ1n) is 5.70. The van der Waals surface area contributed by atoms with Gasteiger partial charge in [-0.05, 0) is 6.07 Å². The van der Waals surface area contributed by atoms with Gasteiger partial charge in [0.15, 0.2) is 6.10 Å². The van der Waals surface area contributed by atoms with E-state index in [2.05, 4.69) is 4.18 Å². The molecule has 0 aliphatic carbocycles. The van der Waals surface area contributed by atoms with Gasteiger partial charge in [0.05, 0.1) is 10.6 Å². The van der Waals surface area contributed by atoms with Crippen molar-refractivity contribution in [1.29, 1.82) is 5.26 Å². The molecule has 1 aliphatic rings. The van der Waals surface area contributed by atoms with Gasteiger partial charge in [-0.3, -0.25) is 4.18 Å². The van der Waals surface area contributed by atoms with Gasteiger partial charge in [-0.25, -0.2) is 0 Å². The number of alkyl halides is 3. The minimum atomic E-state index is -5.98. The van der Waals surface area contributed by atoms with Gasteiger partial charge in [-0.2, -0.15) is 26.9 Å². The van der Waals surface area contributed by atoms with Crippen LogP contribution >= 0.6 is 11.6 Å². The highest BCUT2D eigenvalue weighted by molar-refractivity contribution is 7.87. The van der Waals surface area contributed by atoms with E-state index in [0.29, 0.717) is 0 Å². The molecule has 12 heteroatoms. The van der Waals surface area contributed by atoms with Crippen LogP contribution in [-0.4, -0.2) is 36.5 Å². The summed E-state index contributed by atoms with van der Waals surface area (Å²) in [5.41, 5.74) is -5.93. The van der Waals surface area contributed by atoms with Gasteiger partial charge in [0.1, 0.15) is 18.4 Å². The molecule has 1 aromatic rings. The first kappa shape index (κ1) is 17.8. The van der Waals surface area contributed by atoms with E-state index in [4.69, 9.17) is 21.6 Å². The standard InChI is InChI=1S/C11H7ClF3NO6S/c12-7-2-8-6(1-5(7)3-16)9(17)10(18,22-8)4-21-23(19,20)11(13,14)15/h1-2,9,17-18H,4H2. The topological polar surface area (TPSA) is 117 Å². The molecule has 0 radical (unpaired) electrons. The average molecular weight is 374 g/mol. The van der Waals surface area contributed by atoms with Crippen molar-refractivity contribution in [2.45, 2.75) is 17.4 Å². The maximum Gasteiger partial charge on any atom is 0.523 e. The van der Waals surface area contributed by atoms with Gasteiger partial charge in [0.25, 0.3) is 5.79 Å². The minimum absolute atomic E-state index is 0.0823. The van der Waals surface area contributed by atoms with Crippen LogP contribution < -0.4 is 4.74 Å². The number of nitrogens with zero attached hydrogens (tertiary/aromatic N) is 1. The number of aliphatic hydroxyl groups is 2. The normalized spacial score (nSPS) is 24.0. The third kappa shape index (κ3) is 3.08. The lowest BCUT2D eigenvalue weighted by Gasteiger charge is -2.25. The zero-order valence-electron chi connectivity index (χ0n) is 10.8. The van der Waals surface area contributed by atoms with E-state index in [1.54, 1.807) is 6.07 Å². The summed E-state index contributed by atoms with van der Waals surface area (Å²) >= 11 is 5.72. The number of halogens is 4. The third-order valence-corrected chi connectivity index (χ3v) is 4.24. The van der Waals surface area contributed by atoms with E-state index in [0.717, 1.165) is 12.1 Å². The molecule has 0 fully saturated rings. The summed E-state index contributed by atoms with van der Waals surface area (Å²) in [5.74, 6) is -3.02. The van der Waals surface area contributed by atoms with Crippen LogP contribution in [0.3, 0.4) is 0 Å². The highest BCUT2D eigenvalue weighted by Gasteiger charge is 2.53. The van der Waals surface area contributed by atoms with Crippen LogP contribution in [0.4, 0.5) is 13.2 Å². The molecule has 2 unspecified atom stereocenters. The Kier molecular flexibility index (Phi) is 4.25. The average Bonchev–Trinajstić information content (AvgIpc) is 2.66. The van der Waals surface area contributed by atoms with Crippen molar-refractivity contribution in [3.8, 4) is 11.8 Å². The van der Waals surface area contributed by atoms with Crippen LogP contribution in [0.15, 0.2) is 12.1 Å². The number of ether oxygens (including phenoxy) is 1. The molecule has 7 nitrogen and oxygen atoms in total. The van der Waals surface area contributed by atoms with Crippen LogP contribution in [0.1, 0.15) is 17.2 Å². The number of nitriles is 1. The number of hydrogen-bond donors (Lipinski definition) is 2. The zero-order valence-corrected chi connectivity index (χ0v) is 12.4. The second kappa shape index (κ2) is 5.50. The summed E-state index contributed by atoms with van der Waals surface area (Å²) in [6, 6.07) is 3.80. The van der Waals surface area contributed by atoms with Crippen molar-refractivity contribution >= 4 is 21.7 Å².